The maximum absolute atomic E-state index is 13.1. The number of carbonyl (C=O) groups is 1. The third-order valence-corrected chi connectivity index (χ3v) is 3.65. The number of phenols is 1. The van der Waals surface area contributed by atoms with Crippen LogP contribution in [-0.4, -0.2) is 33.2 Å². The SMILES string of the molecule is CC1(C(=O)O)CCCN1Cc1cc(F)ccc1O. The highest BCUT2D eigenvalue weighted by molar-refractivity contribution is 5.78. The monoisotopic (exact) mass is 253 g/mol. The summed E-state index contributed by atoms with van der Waals surface area (Å²) in [7, 11) is 0. The van der Waals surface area contributed by atoms with Gasteiger partial charge in [0.1, 0.15) is 17.1 Å². The first-order chi connectivity index (χ1) is 8.43. The van der Waals surface area contributed by atoms with Gasteiger partial charge in [-0.25, -0.2) is 4.39 Å². The molecule has 0 aromatic heterocycles. The van der Waals surface area contributed by atoms with Gasteiger partial charge in [0.25, 0.3) is 0 Å². The Morgan fingerprint density at radius 1 is 1.56 bits per heavy atom. The number of aromatic hydroxyl groups is 1. The predicted octanol–water partition coefficient (Wildman–Crippen LogP) is 1.97. The van der Waals surface area contributed by atoms with Crippen molar-refractivity contribution in [2.45, 2.75) is 31.8 Å². The molecule has 2 rings (SSSR count). The average Bonchev–Trinajstić information content (AvgIpc) is 2.67. The summed E-state index contributed by atoms with van der Waals surface area (Å²) in [6, 6.07) is 3.72. The van der Waals surface area contributed by atoms with Crippen LogP contribution in [0.2, 0.25) is 0 Å². The van der Waals surface area contributed by atoms with E-state index in [9.17, 15) is 19.4 Å². The summed E-state index contributed by atoms with van der Waals surface area (Å²) in [5, 5.41) is 18.9. The lowest BCUT2D eigenvalue weighted by atomic mass is 9.98. The Morgan fingerprint density at radius 2 is 2.28 bits per heavy atom. The summed E-state index contributed by atoms with van der Waals surface area (Å²) >= 11 is 0. The molecule has 4 nitrogen and oxygen atoms in total. The van der Waals surface area contributed by atoms with Crippen LogP contribution in [0.3, 0.4) is 0 Å². The zero-order chi connectivity index (χ0) is 13.3. The summed E-state index contributed by atoms with van der Waals surface area (Å²) in [6.07, 6.45) is 1.36. The number of hydrogen-bond donors (Lipinski definition) is 2. The first kappa shape index (κ1) is 12.8. The third kappa shape index (κ3) is 2.18. The van der Waals surface area contributed by atoms with Crippen molar-refractivity contribution < 1.29 is 19.4 Å². The molecule has 1 heterocycles. The molecule has 0 bridgehead atoms. The topological polar surface area (TPSA) is 60.8 Å². The van der Waals surface area contributed by atoms with Crippen LogP contribution in [0.5, 0.6) is 5.75 Å². The molecule has 0 spiro atoms. The van der Waals surface area contributed by atoms with Crippen molar-refractivity contribution in [2.75, 3.05) is 6.54 Å². The molecule has 1 aliphatic heterocycles. The molecule has 1 aliphatic rings. The Labute approximate surface area is 105 Å². The molecule has 18 heavy (non-hydrogen) atoms. The zero-order valence-corrected chi connectivity index (χ0v) is 10.2. The fourth-order valence-electron chi connectivity index (χ4n) is 2.40. The van der Waals surface area contributed by atoms with Crippen LogP contribution in [0.1, 0.15) is 25.3 Å². The van der Waals surface area contributed by atoms with E-state index in [1.54, 1.807) is 11.8 Å². The summed E-state index contributed by atoms with van der Waals surface area (Å²) in [4.78, 5) is 13.1. The fraction of sp³-hybridized carbons (Fsp3) is 0.462. The minimum absolute atomic E-state index is 0.00367. The normalized spacial score (nSPS) is 24.3. The van der Waals surface area contributed by atoms with Crippen LogP contribution in [0.4, 0.5) is 4.39 Å². The number of halogens is 1. The zero-order valence-electron chi connectivity index (χ0n) is 10.2. The first-order valence-corrected chi connectivity index (χ1v) is 5.89. The Morgan fingerprint density at radius 3 is 2.94 bits per heavy atom. The summed E-state index contributed by atoms with van der Waals surface area (Å²) in [5.41, 5.74) is -0.511. The van der Waals surface area contributed by atoms with Gasteiger partial charge in [0.05, 0.1) is 0 Å². The average molecular weight is 253 g/mol. The number of benzene rings is 1. The Bertz CT molecular complexity index is 477. The standard InChI is InChI=1S/C13H16FNO3/c1-13(12(17)18)5-2-6-15(13)8-9-7-10(14)3-4-11(9)16/h3-4,7,16H,2,5-6,8H2,1H3,(H,17,18). The lowest BCUT2D eigenvalue weighted by Crippen LogP contribution is -2.47. The van der Waals surface area contributed by atoms with Gasteiger partial charge in [0, 0.05) is 12.1 Å². The smallest absolute Gasteiger partial charge is 0.323 e. The molecule has 0 aliphatic carbocycles. The maximum atomic E-state index is 13.1. The molecule has 1 aromatic rings. The number of nitrogens with zero attached hydrogens (tertiary/aromatic N) is 1. The first-order valence-electron chi connectivity index (χ1n) is 5.89. The number of phenolic OH excluding ortho intramolecular Hbond substituents is 1. The summed E-state index contributed by atoms with van der Waals surface area (Å²) < 4.78 is 13.1. The molecule has 0 saturated carbocycles. The minimum Gasteiger partial charge on any atom is -0.508 e. The van der Waals surface area contributed by atoms with Crippen LogP contribution in [0.25, 0.3) is 0 Å². The van der Waals surface area contributed by atoms with Crippen LogP contribution >= 0.6 is 0 Å². The lowest BCUT2D eigenvalue weighted by molar-refractivity contribution is -0.148. The van der Waals surface area contributed by atoms with Crippen LogP contribution in [0.15, 0.2) is 18.2 Å². The second-order valence-electron chi connectivity index (χ2n) is 4.88. The molecule has 1 fully saturated rings. The van der Waals surface area contributed by atoms with Crippen LogP contribution in [-0.2, 0) is 11.3 Å². The van der Waals surface area contributed by atoms with Gasteiger partial charge in [-0.05, 0) is 44.5 Å². The number of hydrogen-bond acceptors (Lipinski definition) is 3. The Kier molecular flexibility index (Phi) is 3.26. The highest BCUT2D eigenvalue weighted by atomic mass is 19.1. The number of carboxylic acids is 1. The van der Waals surface area contributed by atoms with Gasteiger partial charge in [-0.3, -0.25) is 9.69 Å². The van der Waals surface area contributed by atoms with E-state index < -0.39 is 17.3 Å². The fourth-order valence-corrected chi connectivity index (χ4v) is 2.40. The molecule has 0 radical (unpaired) electrons. The van der Waals surface area contributed by atoms with E-state index in [0.717, 1.165) is 6.42 Å². The molecule has 0 amide bonds. The predicted molar refractivity (Wildman–Crippen MR) is 63.7 cm³/mol. The molecule has 1 saturated heterocycles. The molecule has 98 valence electrons. The van der Waals surface area contributed by atoms with Crippen molar-refractivity contribution in [3.8, 4) is 5.75 Å². The second-order valence-corrected chi connectivity index (χ2v) is 4.88. The van der Waals surface area contributed by atoms with Gasteiger partial charge in [0.15, 0.2) is 0 Å². The maximum Gasteiger partial charge on any atom is 0.323 e. The largest absolute Gasteiger partial charge is 0.508 e. The Balaban J connectivity index is 2.23. The molecular formula is C13H16FNO3. The highest BCUT2D eigenvalue weighted by Crippen LogP contribution is 2.32. The van der Waals surface area contributed by atoms with Crippen LogP contribution in [0, 0.1) is 5.82 Å². The van der Waals surface area contributed by atoms with Crippen LogP contribution < -0.4 is 0 Å². The van der Waals surface area contributed by atoms with E-state index in [0.29, 0.717) is 18.5 Å². The van der Waals surface area contributed by atoms with Crippen molar-refractivity contribution >= 4 is 5.97 Å². The van der Waals surface area contributed by atoms with Crippen molar-refractivity contribution in [2.24, 2.45) is 0 Å². The van der Waals surface area contributed by atoms with Gasteiger partial charge in [-0.2, -0.15) is 0 Å². The number of likely N-dealkylation sites (tertiary alicyclic amines) is 1. The van der Waals surface area contributed by atoms with E-state index >= 15 is 0 Å². The van der Waals surface area contributed by atoms with E-state index in [2.05, 4.69) is 0 Å². The van der Waals surface area contributed by atoms with Crippen molar-refractivity contribution in [1.29, 1.82) is 0 Å². The number of rotatable bonds is 3. The van der Waals surface area contributed by atoms with E-state index in [4.69, 9.17) is 0 Å². The Hall–Kier alpha value is -1.62. The van der Waals surface area contributed by atoms with E-state index in [1.807, 2.05) is 0 Å². The molecule has 5 heteroatoms. The van der Waals surface area contributed by atoms with Crippen molar-refractivity contribution in [3.63, 3.8) is 0 Å². The number of carboxylic acid groups (broad SMARTS) is 1. The van der Waals surface area contributed by atoms with E-state index in [1.165, 1.54) is 18.2 Å². The molecule has 2 N–H and O–H groups in total. The van der Waals surface area contributed by atoms with Crippen molar-refractivity contribution in [1.82, 2.24) is 4.90 Å². The molecule has 1 aromatic carbocycles. The minimum atomic E-state index is -0.932. The summed E-state index contributed by atoms with van der Waals surface area (Å²) in [5.74, 6) is -1.31. The second kappa shape index (κ2) is 4.57. The molecular weight excluding hydrogens is 237 g/mol. The van der Waals surface area contributed by atoms with Gasteiger partial charge in [-0.15, -0.1) is 0 Å². The van der Waals surface area contributed by atoms with Gasteiger partial charge >= 0.3 is 5.97 Å². The lowest BCUT2D eigenvalue weighted by Gasteiger charge is -2.31. The number of aliphatic carboxylic acids is 1. The molecule has 1 unspecified atom stereocenters. The van der Waals surface area contributed by atoms with Crippen molar-refractivity contribution in [3.05, 3.63) is 29.6 Å². The van der Waals surface area contributed by atoms with E-state index in [-0.39, 0.29) is 12.3 Å². The summed E-state index contributed by atoms with van der Waals surface area (Å²) in [6.45, 7) is 2.55. The van der Waals surface area contributed by atoms with Gasteiger partial charge in [-0.1, -0.05) is 0 Å². The van der Waals surface area contributed by atoms with Gasteiger partial charge < -0.3 is 10.2 Å². The quantitative estimate of drug-likeness (QED) is 0.864. The third-order valence-electron chi connectivity index (χ3n) is 3.65. The highest BCUT2D eigenvalue weighted by Gasteiger charge is 2.43. The molecule has 1 atom stereocenters. The van der Waals surface area contributed by atoms with Gasteiger partial charge in [0.2, 0.25) is 0 Å².